The summed E-state index contributed by atoms with van der Waals surface area (Å²) in [5, 5.41) is 1.33. The lowest BCUT2D eigenvalue weighted by atomic mass is 10.1. The second kappa shape index (κ2) is 8.45. The second-order valence-electron chi connectivity index (χ2n) is 7.33. The van der Waals surface area contributed by atoms with Gasteiger partial charge in [-0.05, 0) is 43.9 Å². The Kier molecular flexibility index (Phi) is 5.94. The third-order valence-electron chi connectivity index (χ3n) is 5.40. The van der Waals surface area contributed by atoms with Gasteiger partial charge in [0.2, 0.25) is 0 Å². The Balaban J connectivity index is 1.71. The van der Waals surface area contributed by atoms with Crippen molar-refractivity contribution in [2.24, 2.45) is 7.05 Å². The Morgan fingerprint density at radius 3 is 2.93 bits per heavy atom. The molecule has 1 fully saturated rings. The summed E-state index contributed by atoms with van der Waals surface area (Å²) in [6.07, 6.45) is 4.65. The molecule has 0 amide bonds. The molecule has 0 aromatic carbocycles. The highest BCUT2D eigenvalue weighted by molar-refractivity contribution is 7.99. The normalized spacial score (nSPS) is 16.7. The Bertz CT molecular complexity index is 1110. The maximum atomic E-state index is 13.4. The Morgan fingerprint density at radius 2 is 2.28 bits per heavy atom. The van der Waals surface area contributed by atoms with E-state index in [1.54, 1.807) is 15.9 Å². The summed E-state index contributed by atoms with van der Waals surface area (Å²) in [4.78, 5) is 32.8. The van der Waals surface area contributed by atoms with Crippen molar-refractivity contribution in [1.82, 2.24) is 14.1 Å². The van der Waals surface area contributed by atoms with E-state index in [-0.39, 0.29) is 23.2 Å². The number of ketones is 1. The Morgan fingerprint density at radius 1 is 1.45 bits per heavy atom. The van der Waals surface area contributed by atoms with Gasteiger partial charge in [-0.1, -0.05) is 18.7 Å². The zero-order valence-corrected chi connectivity index (χ0v) is 18.6. The fourth-order valence-corrected chi connectivity index (χ4v) is 5.91. The second-order valence-corrected chi connectivity index (χ2v) is 9.48. The molecule has 29 heavy (non-hydrogen) atoms. The van der Waals surface area contributed by atoms with Crippen LogP contribution in [-0.2, 0) is 24.8 Å². The SMILES string of the molecule is CCc1c(C)sc2nc(SCC(=O)c3cccn3C)n(CC3CCCO3)c(=O)c12. The van der Waals surface area contributed by atoms with Gasteiger partial charge in [0.15, 0.2) is 10.9 Å². The van der Waals surface area contributed by atoms with E-state index in [0.29, 0.717) is 17.4 Å². The van der Waals surface area contributed by atoms with Crippen LogP contribution in [0.3, 0.4) is 0 Å². The zero-order valence-electron chi connectivity index (χ0n) is 16.9. The molecule has 0 radical (unpaired) electrons. The largest absolute Gasteiger partial charge is 0.376 e. The number of hydrogen-bond acceptors (Lipinski definition) is 6. The number of hydrogen-bond donors (Lipinski definition) is 0. The summed E-state index contributed by atoms with van der Waals surface area (Å²) in [5.74, 6) is 0.267. The van der Waals surface area contributed by atoms with Gasteiger partial charge in [0.05, 0.1) is 29.5 Å². The van der Waals surface area contributed by atoms with Crippen LogP contribution in [0.2, 0.25) is 0 Å². The number of carbonyl (C=O) groups is 1. The highest BCUT2D eigenvalue weighted by Crippen LogP contribution is 2.30. The predicted molar refractivity (Wildman–Crippen MR) is 117 cm³/mol. The van der Waals surface area contributed by atoms with Gasteiger partial charge in [0.1, 0.15) is 4.83 Å². The van der Waals surface area contributed by atoms with Crippen molar-refractivity contribution < 1.29 is 9.53 Å². The van der Waals surface area contributed by atoms with Crippen LogP contribution in [0.25, 0.3) is 10.2 Å². The third kappa shape index (κ3) is 3.93. The maximum absolute atomic E-state index is 13.4. The minimum atomic E-state index is -0.0134. The summed E-state index contributed by atoms with van der Waals surface area (Å²) in [6, 6.07) is 3.67. The number of thiophene rings is 1. The molecule has 1 unspecified atom stereocenters. The van der Waals surface area contributed by atoms with Gasteiger partial charge in [-0.25, -0.2) is 4.98 Å². The first-order valence-electron chi connectivity index (χ1n) is 9.91. The number of Topliss-reactive ketones (excluding diaryl/α,β-unsaturated/α-hetero) is 1. The summed E-state index contributed by atoms with van der Waals surface area (Å²) < 4.78 is 9.32. The lowest BCUT2D eigenvalue weighted by molar-refractivity contribution is 0.0937. The van der Waals surface area contributed by atoms with E-state index in [2.05, 4.69) is 6.92 Å². The maximum Gasteiger partial charge on any atom is 0.263 e. The molecule has 0 bridgehead atoms. The average molecular weight is 432 g/mol. The summed E-state index contributed by atoms with van der Waals surface area (Å²) in [5.41, 5.74) is 1.73. The van der Waals surface area contributed by atoms with Crippen LogP contribution < -0.4 is 5.56 Å². The van der Waals surface area contributed by atoms with E-state index in [4.69, 9.17) is 9.72 Å². The summed E-state index contributed by atoms with van der Waals surface area (Å²) in [7, 11) is 1.86. The number of carbonyl (C=O) groups excluding carboxylic acids is 1. The molecule has 154 valence electrons. The van der Waals surface area contributed by atoms with Crippen LogP contribution in [0.5, 0.6) is 0 Å². The van der Waals surface area contributed by atoms with Gasteiger partial charge in [0.25, 0.3) is 5.56 Å². The number of aromatic nitrogens is 3. The van der Waals surface area contributed by atoms with Crippen molar-refractivity contribution in [1.29, 1.82) is 0 Å². The van der Waals surface area contributed by atoms with Crippen LogP contribution in [0, 0.1) is 6.92 Å². The van der Waals surface area contributed by atoms with E-state index in [1.165, 1.54) is 11.8 Å². The van der Waals surface area contributed by atoms with Crippen molar-refractivity contribution in [2.75, 3.05) is 12.4 Å². The van der Waals surface area contributed by atoms with Crippen molar-refractivity contribution in [3.05, 3.63) is 44.8 Å². The number of ether oxygens (including phenoxy) is 1. The van der Waals surface area contributed by atoms with Gasteiger partial charge < -0.3 is 9.30 Å². The molecule has 0 aliphatic carbocycles. The van der Waals surface area contributed by atoms with Crippen molar-refractivity contribution in [3.63, 3.8) is 0 Å². The molecule has 1 saturated heterocycles. The number of rotatable bonds is 7. The van der Waals surface area contributed by atoms with Gasteiger partial charge in [-0.15, -0.1) is 11.3 Å². The quantitative estimate of drug-likeness (QED) is 0.323. The highest BCUT2D eigenvalue weighted by atomic mass is 32.2. The molecular weight excluding hydrogens is 406 g/mol. The fourth-order valence-electron chi connectivity index (χ4n) is 3.87. The Labute approximate surface area is 177 Å². The van der Waals surface area contributed by atoms with Crippen LogP contribution in [0.15, 0.2) is 28.3 Å². The van der Waals surface area contributed by atoms with E-state index in [1.807, 2.05) is 36.9 Å². The minimum Gasteiger partial charge on any atom is -0.376 e. The number of fused-ring (bicyclic) bond motifs is 1. The average Bonchev–Trinajstić information content (AvgIpc) is 3.42. The first-order chi connectivity index (χ1) is 14.0. The molecular formula is C21H25N3O3S2. The number of aryl methyl sites for hydroxylation is 3. The minimum absolute atomic E-state index is 0.0134. The molecule has 1 atom stereocenters. The number of nitrogens with zero attached hydrogens (tertiary/aromatic N) is 3. The predicted octanol–water partition coefficient (Wildman–Crippen LogP) is 3.82. The molecule has 3 aromatic rings. The molecule has 1 aliphatic heterocycles. The number of thioether (sulfide) groups is 1. The van der Waals surface area contributed by atoms with E-state index < -0.39 is 0 Å². The molecule has 8 heteroatoms. The van der Waals surface area contributed by atoms with Gasteiger partial charge in [-0.2, -0.15) is 0 Å². The van der Waals surface area contributed by atoms with E-state index in [9.17, 15) is 9.59 Å². The van der Waals surface area contributed by atoms with Crippen molar-refractivity contribution >= 4 is 39.1 Å². The van der Waals surface area contributed by atoms with Gasteiger partial charge in [0, 0.05) is 24.7 Å². The van der Waals surface area contributed by atoms with Gasteiger partial charge >= 0.3 is 0 Å². The molecule has 0 saturated carbocycles. The van der Waals surface area contributed by atoms with Crippen LogP contribution in [-0.4, -0.2) is 38.4 Å². The first kappa shape index (κ1) is 20.4. The molecule has 1 aliphatic rings. The lowest BCUT2D eigenvalue weighted by Crippen LogP contribution is -2.29. The van der Waals surface area contributed by atoms with Crippen molar-refractivity contribution in [3.8, 4) is 0 Å². The Hall–Kier alpha value is -1.90. The molecule has 6 nitrogen and oxygen atoms in total. The van der Waals surface area contributed by atoms with Crippen LogP contribution in [0.1, 0.15) is 40.7 Å². The summed E-state index contributed by atoms with van der Waals surface area (Å²) in [6.45, 7) is 5.34. The molecule has 3 aromatic heterocycles. The van der Waals surface area contributed by atoms with Crippen LogP contribution >= 0.6 is 23.1 Å². The molecule has 0 spiro atoms. The van der Waals surface area contributed by atoms with E-state index in [0.717, 1.165) is 46.5 Å². The fraction of sp³-hybridized carbons (Fsp3) is 0.476. The molecule has 0 N–H and O–H groups in total. The monoisotopic (exact) mass is 431 g/mol. The van der Waals surface area contributed by atoms with Gasteiger partial charge in [-0.3, -0.25) is 14.2 Å². The third-order valence-corrected chi connectivity index (χ3v) is 7.42. The summed E-state index contributed by atoms with van der Waals surface area (Å²) >= 11 is 2.90. The van der Waals surface area contributed by atoms with E-state index >= 15 is 0 Å². The zero-order chi connectivity index (χ0) is 20.5. The molecule has 4 rings (SSSR count). The smallest absolute Gasteiger partial charge is 0.263 e. The topological polar surface area (TPSA) is 66.1 Å². The van der Waals surface area contributed by atoms with Crippen LogP contribution in [0.4, 0.5) is 0 Å². The highest BCUT2D eigenvalue weighted by Gasteiger charge is 2.23. The molecule has 4 heterocycles. The van der Waals surface area contributed by atoms with Crippen molar-refractivity contribution in [2.45, 2.75) is 50.9 Å². The standard InChI is InChI=1S/C21H25N3O3S2/c1-4-15-13(2)29-19-18(15)20(26)24(11-14-7-6-10-27-14)21(22-19)28-12-17(25)16-8-5-9-23(16)3/h5,8-9,14H,4,6-7,10-12H2,1-3H3. The first-order valence-corrected chi connectivity index (χ1v) is 11.7. The lowest BCUT2D eigenvalue weighted by Gasteiger charge is -2.16.